The predicted octanol–water partition coefficient (Wildman–Crippen LogP) is 4.48. The smallest absolute Gasteiger partial charge is 0.192 e. The second-order valence-electron chi connectivity index (χ2n) is 3.93. The molecule has 0 atom stereocenters. The van der Waals surface area contributed by atoms with E-state index in [1.165, 1.54) is 6.07 Å². The van der Waals surface area contributed by atoms with Gasteiger partial charge >= 0.3 is 18.5 Å². The van der Waals surface area contributed by atoms with Crippen LogP contribution in [0.15, 0.2) is 24.3 Å². The van der Waals surface area contributed by atoms with Crippen molar-refractivity contribution in [2.24, 2.45) is 0 Å². The van der Waals surface area contributed by atoms with Crippen molar-refractivity contribution >= 4 is 0 Å². The van der Waals surface area contributed by atoms with Gasteiger partial charge in [-0.15, -0.1) is 0 Å². The molecule has 1 aromatic rings. The summed E-state index contributed by atoms with van der Waals surface area (Å²) in [6.45, 7) is 0. The Kier molecular flexibility index (Phi) is 3.93. The number of nitrogens with zero attached hydrogens (tertiary/aromatic N) is 1. The van der Waals surface area contributed by atoms with Crippen LogP contribution >= 0.6 is 0 Å². The quantitative estimate of drug-likeness (QED) is 0.700. The molecule has 0 spiro atoms. The Labute approximate surface area is 111 Å². The molecule has 116 valence electrons. The molecular formula is C11H4F9N. The number of alkyl halides is 9. The lowest BCUT2D eigenvalue weighted by molar-refractivity contribution is -0.387. The molecule has 0 saturated heterocycles. The van der Waals surface area contributed by atoms with Gasteiger partial charge in [0.2, 0.25) is 0 Å². The summed E-state index contributed by atoms with van der Waals surface area (Å²) in [5, 5.41) is 8.39. The van der Waals surface area contributed by atoms with Crippen LogP contribution in [0.3, 0.4) is 0 Å². The lowest BCUT2D eigenvalue weighted by Crippen LogP contribution is -2.63. The third-order valence-electron chi connectivity index (χ3n) is 2.72. The Hall–Kier alpha value is -1.92. The van der Waals surface area contributed by atoms with Crippen LogP contribution in [0.25, 0.3) is 0 Å². The fourth-order valence-electron chi connectivity index (χ4n) is 1.77. The Morgan fingerprint density at radius 3 is 1.24 bits per heavy atom. The van der Waals surface area contributed by atoms with E-state index in [0.29, 0.717) is 12.1 Å². The van der Waals surface area contributed by atoms with Gasteiger partial charge in [-0.2, -0.15) is 44.8 Å². The van der Waals surface area contributed by atoms with E-state index in [0.717, 1.165) is 0 Å². The summed E-state index contributed by atoms with van der Waals surface area (Å²) in [7, 11) is 0. The number of hydrogen-bond donors (Lipinski definition) is 0. The molecule has 0 aliphatic heterocycles. The molecule has 0 N–H and O–H groups in total. The van der Waals surface area contributed by atoms with E-state index in [2.05, 4.69) is 0 Å². The normalized spacial score (nSPS) is 13.9. The Bertz CT molecular complexity index is 505. The lowest BCUT2D eigenvalue weighted by atomic mass is 9.77. The van der Waals surface area contributed by atoms with Gasteiger partial charge in [-0.25, -0.2) is 0 Å². The van der Waals surface area contributed by atoms with Gasteiger partial charge in [-0.1, -0.05) is 12.1 Å². The molecule has 1 rings (SSSR count). The molecule has 0 saturated carbocycles. The maximum Gasteiger partial charge on any atom is 0.416 e. The minimum absolute atomic E-state index is 0.00692. The van der Waals surface area contributed by atoms with Crippen molar-refractivity contribution < 1.29 is 39.5 Å². The molecule has 0 aliphatic carbocycles. The second kappa shape index (κ2) is 4.82. The number of benzene rings is 1. The van der Waals surface area contributed by atoms with E-state index in [4.69, 9.17) is 5.26 Å². The number of rotatable bonds is 1. The first-order valence-corrected chi connectivity index (χ1v) is 5.00. The zero-order chi connectivity index (χ0) is 16.7. The fraction of sp³-hybridized carbons (Fsp3) is 0.364. The molecule has 1 nitrogen and oxygen atoms in total. The van der Waals surface area contributed by atoms with Crippen LogP contribution in [0.4, 0.5) is 39.5 Å². The Balaban J connectivity index is 3.77. The van der Waals surface area contributed by atoms with Crippen LogP contribution in [0.2, 0.25) is 0 Å². The average molecular weight is 321 g/mol. The maximum atomic E-state index is 12.7. The van der Waals surface area contributed by atoms with Gasteiger partial charge in [0.1, 0.15) is 0 Å². The third kappa shape index (κ3) is 2.52. The summed E-state index contributed by atoms with van der Waals surface area (Å²) in [5.74, 6) is 0. The first kappa shape index (κ1) is 17.1. The zero-order valence-electron chi connectivity index (χ0n) is 9.66. The zero-order valence-corrected chi connectivity index (χ0v) is 9.66. The highest BCUT2D eigenvalue weighted by atomic mass is 19.4. The van der Waals surface area contributed by atoms with Crippen LogP contribution in [0.5, 0.6) is 0 Å². The van der Waals surface area contributed by atoms with Crippen LogP contribution in [0.1, 0.15) is 11.1 Å². The molecule has 1 aromatic carbocycles. The van der Waals surface area contributed by atoms with Crippen molar-refractivity contribution in [2.45, 2.75) is 23.9 Å². The van der Waals surface area contributed by atoms with E-state index in [1.807, 2.05) is 0 Å². The van der Waals surface area contributed by atoms with E-state index in [-0.39, 0.29) is 17.7 Å². The first-order chi connectivity index (χ1) is 9.29. The monoisotopic (exact) mass is 321 g/mol. The minimum Gasteiger partial charge on any atom is -0.192 e. The molecule has 0 aliphatic rings. The van der Waals surface area contributed by atoms with Crippen molar-refractivity contribution in [1.29, 1.82) is 5.26 Å². The van der Waals surface area contributed by atoms with Crippen molar-refractivity contribution in [3.05, 3.63) is 35.4 Å². The number of nitriles is 1. The number of hydrogen-bond acceptors (Lipinski definition) is 1. The highest BCUT2D eigenvalue weighted by molar-refractivity contribution is 5.38. The molecule has 0 aromatic heterocycles. The van der Waals surface area contributed by atoms with Crippen molar-refractivity contribution in [1.82, 2.24) is 0 Å². The van der Waals surface area contributed by atoms with Crippen LogP contribution in [0, 0.1) is 11.3 Å². The van der Waals surface area contributed by atoms with Gasteiger partial charge in [0.15, 0.2) is 0 Å². The molecule has 0 heterocycles. The van der Waals surface area contributed by atoms with Crippen molar-refractivity contribution in [3.8, 4) is 6.07 Å². The minimum atomic E-state index is -6.66. The summed E-state index contributed by atoms with van der Waals surface area (Å²) < 4.78 is 115. The molecule has 0 bridgehead atoms. The van der Waals surface area contributed by atoms with E-state index in [1.54, 1.807) is 0 Å². The molecule has 0 unspecified atom stereocenters. The summed E-state index contributed by atoms with van der Waals surface area (Å²) in [5.41, 5.74) is -8.44. The topological polar surface area (TPSA) is 23.8 Å². The third-order valence-corrected chi connectivity index (χ3v) is 2.72. The van der Waals surface area contributed by atoms with E-state index >= 15 is 0 Å². The second-order valence-corrected chi connectivity index (χ2v) is 3.93. The van der Waals surface area contributed by atoms with Gasteiger partial charge in [0, 0.05) is 0 Å². The van der Waals surface area contributed by atoms with Gasteiger partial charge < -0.3 is 0 Å². The van der Waals surface area contributed by atoms with Crippen molar-refractivity contribution in [2.75, 3.05) is 0 Å². The Morgan fingerprint density at radius 1 is 0.667 bits per heavy atom. The van der Waals surface area contributed by atoms with Gasteiger partial charge in [-0.3, -0.25) is 0 Å². The Morgan fingerprint density at radius 2 is 1.00 bits per heavy atom. The number of halogens is 9. The van der Waals surface area contributed by atoms with Gasteiger partial charge in [0.05, 0.1) is 11.6 Å². The van der Waals surface area contributed by atoms with E-state index in [9.17, 15) is 39.5 Å². The maximum absolute atomic E-state index is 12.7. The molecule has 0 radical (unpaired) electrons. The molecule has 0 fully saturated rings. The predicted molar refractivity (Wildman–Crippen MR) is 51.0 cm³/mol. The van der Waals surface area contributed by atoms with Gasteiger partial charge in [-0.05, 0) is 17.7 Å². The fourth-order valence-corrected chi connectivity index (χ4v) is 1.77. The standard InChI is InChI=1S/C11H4F9N/c12-9(13,14)8(10(15,16)17,11(18,19)20)7-3-1-6(5-21)2-4-7/h1-4H. The highest BCUT2D eigenvalue weighted by Crippen LogP contribution is 2.60. The largest absolute Gasteiger partial charge is 0.416 e. The molecule has 0 amide bonds. The van der Waals surface area contributed by atoms with Crippen LogP contribution < -0.4 is 0 Å². The summed E-state index contributed by atoms with van der Waals surface area (Å²) in [6, 6.07) is 2.27. The lowest BCUT2D eigenvalue weighted by Gasteiger charge is -2.38. The molecular weight excluding hydrogens is 317 g/mol. The van der Waals surface area contributed by atoms with Crippen LogP contribution in [-0.4, -0.2) is 18.5 Å². The highest BCUT2D eigenvalue weighted by Gasteiger charge is 2.84. The molecule has 10 heteroatoms. The van der Waals surface area contributed by atoms with Gasteiger partial charge in [0.25, 0.3) is 5.41 Å². The van der Waals surface area contributed by atoms with Crippen LogP contribution in [-0.2, 0) is 5.41 Å². The first-order valence-electron chi connectivity index (χ1n) is 5.00. The summed E-state index contributed by atoms with van der Waals surface area (Å²) in [4.78, 5) is 0. The SMILES string of the molecule is N#Cc1ccc(C(C(F)(F)F)(C(F)(F)F)C(F)(F)F)cc1. The van der Waals surface area contributed by atoms with E-state index < -0.39 is 29.5 Å². The average Bonchev–Trinajstić information content (AvgIpc) is 2.24. The molecule has 21 heavy (non-hydrogen) atoms. The summed E-state index contributed by atoms with van der Waals surface area (Å²) >= 11 is 0. The van der Waals surface area contributed by atoms with Crippen molar-refractivity contribution in [3.63, 3.8) is 0 Å². The summed E-state index contributed by atoms with van der Waals surface area (Å²) in [6.07, 6.45) is -20.0.